The average Bonchev–Trinajstić information content (AvgIpc) is 3.20. The number of rotatable bonds is 6. The molecule has 8 heteroatoms. The molecule has 4 rings (SSSR count). The molecule has 4 N–H and O–H groups in total. The molecule has 2 aromatic carbocycles. The number of aromatic nitrogens is 3. The fraction of sp³-hybridized carbons (Fsp3) is 0.231. The zero-order chi connectivity index (χ0) is 24.4. The molecule has 0 aliphatic rings. The lowest BCUT2D eigenvalue weighted by Crippen LogP contribution is -2.19. The number of anilines is 3. The Balaban J connectivity index is 1.56. The van der Waals surface area contributed by atoms with Gasteiger partial charge in [0, 0.05) is 29.2 Å². The molecule has 2 heterocycles. The van der Waals surface area contributed by atoms with Crippen molar-refractivity contribution in [2.24, 2.45) is 0 Å². The Bertz CT molecular complexity index is 1360. The highest BCUT2D eigenvalue weighted by Gasteiger charge is 2.21. The summed E-state index contributed by atoms with van der Waals surface area (Å²) in [4.78, 5) is 34.3. The third-order valence-electron chi connectivity index (χ3n) is 5.66. The number of urea groups is 1. The number of nitrogens with two attached hydrogens (primary N) is 1. The third-order valence-corrected chi connectivity index (χ3v) is 5.66. The molecule has 34 heavy (non-hydrogen) atoms. The number of hydrogen-bond acceptors (Lipinski definition) is 5. The van der Waals surface area contributed by atoms with Crippen LogP contribution in [-0.2, 0) is 0 Å². The molecule has 8 nitrogen and oxygen atoms in total. The highest BCUT2D eigenvalue weighted by atomic mass is 16.2. The number of hydrogen-bond donors (Lipinski definition) is 3. The van der Waals surface area contributed by atoms with E-state index < -0.39 is 6.03 Å². The Morgan fingerprint density at radius 3 is 2.32 bits per heavy atom. The highest BCUT2D eigenvalue weighted by Crippen LogP contribution is 2.29. The molecule has 2 amide bonds. The first-order valence-electron chi connectivity index (χ1n) is 11.2. The Kier molecular flexibility index (Phi) is 6.32. The van der Waals surface area contributed by atoms with Crippen molar-refractivity contribution in [2.75, 3.05) is 16.4 Å². The highest BCUT2D eigenvalue weighted by molar-refractivity contribution is 6.18. The van der Waals surface area contributed by atoms with Crippen LogP contribution in [0.15, 0.2) is 61.1 Å². The normalized spacial score (nSPS) is 11.2. The summed E-state index contributed by atoms with van der Waals surface area (Å²) in [6.45, 7) is 8.24. The SMILES string of the molecule is CC(C)c1ccc(NC(=O)Nc2cccc(C(=O)c3cn(C(C)C)c4ncnc(N)c34)c2)cc1. The molecular formula is C26H28N6O2. The molecule has 174 valence electrons. The van der Waals surface area contributed by atoms with E-state index in [4.69, 9.17) is 5.73 Å². The number of nitrogens with zero attached hydrogens (tertiary/aromatic N) is 3. The van der Waals surface area contributed by atoms with Gasteiger partial charge in [-0.1, -0.05) is 38.1 Å². The lowest BCUT2D eigenvalue weighted by atomic mass is 10.0. The van der Waals surface area contributed by atoms with Crippen LogP contribution in [0.2, 0.25) is 0 Å². The van der Waals surface area contributed by atoms with Gasteiger partial charge in [-0.2, -0.15) is 0 Å². The van der Waals surface area contributed by atoms with Gasteiger partial charge in [0.05, 0.1) is 10.9 Å². The number of nitrogen functional groups attached to an aromatic ring is 1. The number of benzene rings is 2. The van der Waals surface area contributed by atoms with Crippen molar-refractivity contribution >= 4 is 40.0 Å². The van der Waals surface area contributed by atoms with Crippen LogP contribution in [0.1, 0.15) is 61.1 Å². The van der Waals surface area contributed by atoms with Crippen molar-refractivity contribution in [2.45, 2.75) is 39.7 Å². The summed E-state index contributed by atoms with van der Waals surface area (Å²) in [6.07, 6.45) is 3.15. The summed E-state index contributed by atoms with van der Waals surface area (Å²) in [7, 11) is 0. The maximum atomic E-state index is 13.4. The van der Waals surface area contributed by atoms with Gasteiger partial charge in [-0.3, -0.25) is 4.79 Å². The van der Waals surface area contributed by atoms with Crippen LogP contribution >= 0.6 is 0 Å². The van der Waals surface area contributed by atoms with Gasteiger partial charge in [-0.05, 0) is 49.6 Å². The van der Waals surface area contributed by atoms with Crippen LogP contribution in [0.4, 0.5) is 22.0 Å². The summed E-state index contributed by atoms with van der Waals surface area (Å²) < 4.78 is 1.90. The minimum absolute atomic E-state index is 0.0876. The van der Waals surface area contributed by atoms with Gasteiger partial charge in [0.1, 0.15) is 17.8 Å². The topological polar surface area (TPSA) is 115 Å². The number of amides is 2. The van der Waals surface area contributed by atoms with Gasteiger partial charge in [-0.15, -0.1) is 0 Å². The smallest absolute Gasteiger partial charge is 0.323 e. The minimum atomic E-state index is -0.393. The van der Waals surface area contributed by atoms with Crippen LogP contribution in [0, 0.1) is 0 Å². The predicted molar refractivity (Wildman–Crippen MR) is 135 cm³/mol. The van der Waals surface area contributed by atoms with E-state index in [1.54, 1.807) is 30.5 Å². The first-order valence-corrected chi connectivity index (χ1v) is 11.2. The van der Waals surface area contributed by atoms with E-state index in [2.05, 4.69) is 34.4 Å². The van der Waals surface area contributed by atoms with Crippen LogP contribution in [0.25, 0.3) is 11.0 Å². The van der Waals surface area contributed by atoms with E-state index >= 15 is 0 Å². The summed E-state index contributed by atoms with van der Waals surface area (Å²) in [5.74, 6) is 0.448. The third kappa shape index (κ3) is 4.61. The average molecular weight is 457 g/mol. The number of carbonyl (C=O) groups is 2. The molecule has 0 spiro atoms. The molecule has 0 unspecified atom stereocenters. The maximum absolute atomic E-state index is 13.4. The van der Waals surface area contributed by atoms with E-state index in [1.165, 1.54) is 11.9 Å². The van der Waals surface area contributed by atoms with Crippen molar-refractivity contribution < 1.29 is 9.59 Å². The quantitative estimate of drug-likeness (QED) is 0.327. The van der Waals surface area contributed by atoms with Gasteiger partial charge in [0.15, 0.2) is 5.78 Å². The first kappa shape index (κ1) is 23.0. The van der Waals surface area contributed by atoms with Crippen LogP contribution < -0.4 is 16.4 Å². The number of ketones is 1. The van der Waals surface area contributed by atoms with Crippen LogP contribution in [-0.4, -0.2) is 26.3 Å². The summed E-state index contributed by atoms with van der Waals surface area (Å²) in [5, 5.41) is 6.13. The van der Waals surface area contributed by atoms with Crippen molar-refractivity contribution in [1.29, 1.82) is 0 Å². The van der Waals surface area contributed by atoms with E-state index in [-0.39, 0.29) is 17.6 Å². The molecule has 0 saturated carbocycles. The number of nitrogens with one attached hydrogen (secondary N) is 2. The van der Waals surface area contributed by atoms with Crippen molar-refractivity contribution in [1.82, 2.24) is 14.5 Å². The van der Waals surface area contributed by atoms with Crippen LogP contribution in [0.3, 0.4) is 0 Å². The van der Waals surface area contributed by atoms with E-state index in [0.29, 0.717) is 39.5 Å². The van der Waals surface area contributed by atoms with Crippen LogP contribution in [0.5, 0.6) is 0 Å². The monoisotopic (exact) mass is 456 g/mol. The molecular weight excluding hydrogens is 428 g/mol. The molecule has 0 aliphatic carbocycles. The number of fused-ring (bicyclic) bond motifs is 1. The summed E-state index contributed by atoms with van der Waals surface area (Å²) in [6, 6.07) is 14.2. The minimum Gasteiger partial charge on any atom is -0.383 e. The van der Waals surface area contributed by atoms with Gasteiger partial charge in [0.25, 0.3) is 0 Å². The molecule has 0 saturated heterocycles. The molecule has 2 aromatic heterocycles. The molecule has 0 atom stereocenters. The predicted octanol–water partition coefficient (Wildman–Crippen LogP) is 5.59. The molecule has 4 aromatic rings. The van der Waals surface area contributed by atoms with Gasteiger partial charge in [0.2, 0.25) is 0 Å². The number of carbonyl (C=O) groups excluding carboxylic acids is 2. The van der Waals surface area contributed by atoms with Crippen molar-refractivity contribution in [3.63, 3.8) is 0 Å². The fourth-order valence-electron chi connectivity index (χ4n) is 3.81. The lowest BCUT2D eigenvalue weighted by molar-refractivity contribution is 0.104. The summed E-state index contributed by atoms with van der Waals surface area (Å²) >= 11 is 0. The van der Waals surface area contributed by atoms with E-state index in [0.717, 1.165) is 0 Å². The second-order valence-corrected chi connectivity index (χ2v) is 8.77. The Hall–Kier alpha value is -4.20. The van der Waals surface area contributed by atoms with E-state index in [1.807, 2.05) is 42.7 Å². The Labute approximate surface area is 198 Å². The second kappa shape index (κ2) is 9.35. The standard InChI is InChI=1S/C26H28N6O2/c1-15(2)17-8-10-19(11-9-17)30-26(34)31-20-7-5-6-18(12-20)23(33)21-13-32(16(3)4)25-22(21)24(27)28-14-29-25/h5-16H,1-4H3,(H2,27,28,29)(H2,30,31,34). The van der Waals surface area contributed by atoms with E-state index in [9.17, 15) is 9.59 Å². The zero-order valence-corrected chi connectivity index (χ0v) is 19.7. The van der Waals surface area contributed by atoms with Gasteiger partial charge in [-0.25, -0.2) is 14.8 Å². The van der Waals surface area contributed by atoms with Gasteiger partial charge >= 0.3 is 6.03 Å². The van der Waals surface area contributed by atoms with Crippen molar-refractivity contribution in [3.8, 4) is 0 Å². The molecule has 0 fully saturated rings. The Morgan fingerprint density at radius 2 is 1.65 bits per heavy atom. The Morgan fingerprint density at radius 1 is 0.941 bits per heavy atom. The van der Waals surface area contributed by atoms with Gasteiger partial charge < -0.3 is 20.9 Å². The lowest BCUT2D eigenvalue weighted by Gasteiger charge is -2.10. The first-order chi connectivity index (χ1) is 16.2. The molecule has 0 radical (unpaired) electrons. The maximum Gasteiger partial charge on any atom is 0.323 e. The van der Waals surface area contributed by atoms with Crippen molar-refractivity contribution in [3.05, 3.63) is 77.7 Å². The zero-order valence-electron chi connectivity index (χ0n) is 19.7. The summed E-state index contributed by atoms with van der Waals surface area (Å²) in [5.41, 5.74) is 9.94. The fourth-order valence-corrected chi connectivity index (χ4v) is 3.81. The molecule has 0 bridgehead atoms. The second-order valence-electron chi connectivity index (χ2n) is 8.77. The largest absolute Gasteiger partial charge is 0.383 e. The molecule has 0 aliphatic heterocycles.